The molecule has 0 saturated heterocycles. The minimum absolute atomic E-state index is 0.150. The highest BCUT2D eigenvalue weighted by Gasteiger charge is 2.28. The van der Waals surface area contributed by atoms with E-state index < -0.39 is 0 Å². The molecular weight excluding hydrogens is 278 g/mol. The lowest BCUT2D eigenvalue weighted by atomic mass is 9.95. The van der Waals surface area contributed by atoms with Crippen molar-refractivity contribution in [3.05, 3.63) is 65.7 Å². The molecule has 2 nitrogen and oxygen atoms in total. The van der Waals surface area contributed by atoms with Gasteiger partial charge in [-0.25, -0.2) is 0 Å². The van der Waals surface area contributed by atoms with Gasteiger partial charge in [0.1, 0.15) is 0 Å². The van der Waals surface area contributed by atoms with Gasteiger partial charge in [0.05, 0.1) is 10.9 Å². The predicted octanol–water partition coefficient (Wildman–Crippen LogP) is 4.26. The summed E-state index contributed by atoms with van der Waals surface area (Å²) < 4.78 is 0. The van der Waals surface area contributed by atoms with E-state index in [1.54, 1.807) is 0 Å². The molecule has 0 heterocycles. The summed E-state index contributed by atoms with van der Waals surface area (Å²) in [6, 6.07) is 17.7. The molecule has 21 heavy (non-hydrogen) atoms. The Morgan fingerprint density at radius 1 is 1.05 bits per heavy atom. The number of anilines is 1. The van der Waals surface area contributed by atoms with Crippen LogP contribution in [0.3, 0.4) is 0 Å². The van der Waals surface area contributed by atoms with Gasteiger partial charge in [-0.2, -0.15) is 0 Å². The largest absolute Gasteiger partial charge is 0.349 e. The molecule has 1 aliphatic carbocycles. The Hall–Kier alpha value is -2.00. The Morgan fingerprint density at radius 3 is 2.57 bits per heavy atom. The van der Waals surface area contributed by atoms with Crippen molar-refractivity contribution >= 4 is 28.7 Å². The molecule has 1 N–H and O–H groups in total. The predicted molar refractivity (Wildman–Crippen MR) is 89.9 cm³/mol. The van der Waals surface area contributed by atoms with Crippen LogP contribution in [0.15, 0.2) is 54.6 Å². The summed E-state index contributed by atoms with van der Waals surface area (Å²) >= 11 is 5.49. The number of rotatable bonds is 2. The number of aryl methyl sites for hydroxylation is 1. The topological polar surface area (TPSA) is 29.1 Å². The van der Waals surface area contributed by atoms with Gasteiger partial charge >= 0.3 is 0 Å². The van der Waals surface area contributed by atoms with Gasteiger partial charge < -0.3 is 5.32 Å². The molecule has 1 aliphatic rings. The van der Waals surface area contributed by atoms with Crippen LogP contribution < -0.4 is 5.32 Å². The van der Waals surface area contributed by atoms with Gasteiger partial charge in [-0.15, -0.1) is 0 Å². The minimum atomic E-state index is -0.219. The maximum atomic E-state index is 12.7. The van der Waals surface area contributed by atoms with Crippen LogP contribution in [0, 0.1) is 5.92 Å². The zero-order valence-corrected chi connectivity index (χ0v) is 12.5. The Labute approximate surface area is 130 Å². The average Bonchev–Trinajstić information content (AvgIpc) is 2.68. The van der Waals surface area contributed by atoms with E-state index in [4.69, 9.17) is 12.2 Å². The Bertz CT molecular complexity index is 666. The van der Waals surface area contributed by atoms with Crippen molar-refractivity contribution in [2.45, 2.75) is 19.3 Å². The highest BCUT2D eigenvalue weighted by atomic mass is 32.1. The third-order valence-corrected chi connectivity index (χ3v) is 4.28. The molecule has 0 aliphatic heterocycles. The molecular formula is C18H17NOS. The Balaban J connectivity index is 1.82. The SMILES string of the molecule is O=C1c2ccccc2CCCC1C(=S)Nc1ccccc1. The van der Waals surface area contributed by atoms with Gasteiger partial charge in [-0.1, -0.05) is 54.7 Å². The summed E-state index contributed by atoms with van der Waals surface area (Å²) in [5.74, 6) is -0.0691. The van der Waals surface area contributed by atoms with E-state index in [0.29, 0.717) is 4.99 Å². The summed E-state index contributed by atoms with van der Waals surface area (Å²) in [5.41, 5.74) is 2.91. The normalized spacial score (nSPS) is 17.7. The van der Waals surface area contributed by atoms with Crippen molar-refractivity contribution in [2.75, 3.05) is 5.32 Å². The van der Waals surface area contributed by atoms with Crippen molar-refractivity contribution in [3.8, 4) is 0 Å². The molecule has 3 heteroatoms. The fraction of sp³-hybridized carbons (Fsp3) is 0.222. The zero-order valence-electron chi connectivity index (χ0n) is 11.7. The van der Waals surface area contributed by atoms with Crippen LogP contribution >= 0.6 is 12.2 Å². The van der Waals surface area contributed by atoms with Crippen molar-refractivity contribution in [3.63, 3.8) is 0 Å². The summed E-state index contributed by atoms with van der Waals surface area (Å²) in [6.45, 7) is 0. The molecule has 106 valence electrons. The fourth-order valence-electron chi connectivity index (χ4n) is 2.80. The third-order valence-electron chi connectivity index (χ3n) is 3.90. The van der Waals surface area contributed by atoms with Crippen LogP contribution in [-0.4, -0.2) is 10.8 Å². The number of nitrogens with one attached hydrogen (secondary N) is 1. The number of carbonyl (C=O) groups is 1. The molecule has 0 saturated carbocycles. The highest BCUT2D eigenvalue weighted by molar-refractivity contribution is 7.80. The van der Waals surface area contributed by atoms with E-state index in [-0.39, 0.29) is 11.7 Å². The number of para-hydroxylation sites is 1. The smallest absolute Gasteiger partial charge is 0.172 e. The number of carbonyl (C=O) groups excluding carboxylic acids is 1. The van der Waals surface area contributed by atoms with Crippen LogP contribution in [-0.2, 0) is 6.42 Å². The minimum Gasteiger partial charge on any atom is -0.349 e. The average molecular weight is 295 g/mol. The number of hydrogen-bond donors (Lipinski definition) is 1. The van der Waals surface area contributed by atoms with E-state index >= 15 is 0 Å². The fourth-order valence-corrected chi connectivity index (χ4v) is 3.14. The van der Waals surface area contributed by atoms with Gasteiger partial charge in [-0.05, 0) is 37.0 Å². The van der Waals surface area contributed by atoms with Crippen LogP contribution in [0.1, 0.15) is 28.8 Å². The Morgan fingerprint density at radius 2 is 1.76 bits per heavy atom. The van der Waals surface area contributed by atoms with Crippen LogP contribution in [0.5, 0.6) is 0 Å². The first-order chi connectivity index (χ1) is 10.3. The Kier molecular flexibility index (Phi) is 4.11. The standard InChI is InChI=1S/C18H17NOS/c20-17-15-11-5-4-7-13(15)8-6-12-16(17)18(21)19-14-9-2-1-3-10-14/h1-5,7,9-11,16H,6,8,12H2,(H,19,21). The number of thiocarbonyl (C=S) groups is 1. The second kappa shape index (κ2) is 6.19. The van der Waals surface area contributed by atoms with Gasteiger partial charge in [0.2, 0.25) is 0 Å². The monoisotopic (exact) mass is 295 g/mol. The lowest BCUT2D eigenvalue weighted by molar-refractivity contribution is 0.0953. The highest BCUT2D eigenvalue weighted by Crippen LogP contribution is 2.26. The summed E-state index contributed by atoms with van der Waals surface area (Å²) in [4.78, 5) is 13.4. The van der Waals surface area contributed by atoms with E-state index in [1.165, 1.54) is 0 Å². The van der Waals surface area contributed by atoms with Gasteiger partial charge in [-0.3, -0.25) is 4.79 Å². The maximum absolute atomic E-state index is 12.7. The molecule has 0 aromatic heterocycles. The van der Waals surface area contributed by atoms with Crippen LogP contribution in [0.4, 0.5) is 5.69 Å². The summed E-state index contributed by atoms with van der Waals surface area (Å²) in [7, 11) is 0. The number of fused-ring (bicyclic) bond motifs is 1. The van der Waals surface area contributed by atoms with Gasteiger partial charge in [0.15, 0.2) is 5.78 Å². The van der Waals surface area contributed by atoms with E-state index in [0.717, 1.165) is 36.1 Å². The molecule has 0 bridgehead atoms. The quantitative estimate of drug-likeness (QED) is 0.663. The van der Waals surface area contributed by atoms with E-state index in [2.05, 4.69) is 5.32 Å². The van der Waals surface area contributed by atoms with Crippen LogP contribution in [0.2, 0.25) is 0 Å². The van der Waals surface area contributed by atoms with Gasteiger partial charge in [0, 0.05) is 11.3 Å². The summed E-state index contributed by atoms with van der Waals surface area (Å²) in [6.07, 6.45) is 2.75. The van der Waals surface area contributed by atoms with Crippen LogP contribution in [0.25, 0.3) is 0 Å². The van der Waals surface area contributed by atoms with E-state index in [9.17, 15) is 4.79 Å². The van der Waals surface area contributed by atoms with E-state index in [1.807, 2.05) is 54.6 Å². The molecule has 0 amide bonds. The first-order valence-electron chi connectivity index (χ1n) is 7.24. The number of Topliss-reactive ketones (excluding diaryl/α,β-unsaturated/α-hetero) is 1. The molecule has 3 rings (SSSR count). The van der Waals surface area contributed by atoms with Crippen molar-refractivity contribution in [1.29, 1.82) is 0 Å². The first kappa shape index (κ1) is 14.0. The summed E-state index contributed by atoms with van der Waals surface area (Å²) in [5, 5.41) is 3.21. The molecule has 2 aromatic rings. The molecule has 0 fully saturated rings. The molecule has 1 unspecified atom stereocenters. The molecule has 1 atom stereocenters. The second-order valence-corrected chi connectivity index (χ2v) is 5.76. The zero-order chi connectivity index (χ0) is 14.7. The van der Waals surface area contributed by atoms with Crippen molar-refractivity contribution < 1.29 is 4.79 Å². The first-order valence-corrected chi connectivity index (χ1v) is 7.64. The molecule has 0 spiro atoms. The number of ketones is 1. The molecule has 0 radical (unpaired) electrons. The number of hydrogen-bond acceptors (Lipinski definition) is 2. The maximum Gasteiger partial charge on any atom is 0.172 e. The lowest BCUT2D eigenvalue weighted by Crippen LogP contribution is -2.27. The number of benzene rings is 2. The molecule has 2 aromatic carbocycles. The third kappa shape index (κ3) is 3.03. The second-order valence-electron chi connectivity index (χ2n) is 5.32. The van der Waals surface area contributed by atoms with Gasteiger partial charge in [0.25, 0.3) is 0 Å². The lowest BCUT2D eigenvalue weighted by Gasteiger charge is -2.17. The van der Waals surface area contributed by atoms with Crippen molar-refractivity contribution in [2.24, 2.45) is 5.92 Å². The van der Waals surface area contributed by atoms with Crippen molar-refractivity contribution in [1.82, 2.24) is 0 Å².